The van der Waals surface area contributed by atoms with E-state index in [0.717, 1.165) is 16.8 Å². The van der Waals surface area contributed by atoms with Crippen molar-refractivity contribution >= 4 is 10.0 Å². The van der Waals surface area contributed by atoms with Crippen LogP contribution < -0.4 is 5.73 Å². The molecule has 2 N–H and O–H groups in total. The Morgan fingerprint density at radius 1 is 1.29 bits per heavy atom. The lowest BCUT2D eigenvalue weighted by Crippen LogP contribution is -2.45. The second-order valence-electron chi connectivity index (χ2n) is 5.30. The molecule has 4 nitrogen and oxygen atoms in total. The number of benzene rings is 1. The molecule has 1 aliphatic rings. The highest BCUT2D eigenvalue weighted by atomic mass is 32.2. The van der Waals surface area contributed by atoms with Gasteiger partial charge < -0.3 is 5.73 Å². The van der Waals surface area contributed by atoms with Crippen molar-refractivity contribution in [1.82, 2.24) is 4.31 Å². The van der Waals surface area contributed by atoms with Gasteiger partial charge in [0.1, 0.15) is 4.90 Å². The first-order chi connectivity index (χ1) is 9.75. The van der Waals surface area contributed by atoms with Crippen molar-refractivity contribution in [3.63, 3.8) is 0 Å². The number of hydrogen-bond donors (Lipinski definition) is 1. The van der Waals surface area contributed by atoms with E-state index in [2.05, 4.69) is 0 Å². The standard InChI is InChI=1S/C13H17F3N2O2S/c1-8(17)9-3-2-6-18(7-9)21(19,20)11-5-4-10(14)12(15)13(11)16/h4-5,8-9H,2-3,6-7,17H2,1H3/t8-,9+/m0/s1. The third kappa shape index (κ3) is 3.07. The fraction of sp³-hybridized carbons (Fsp3) is 0.538. The maximum absolute atomic E-state index is 13.7. The summed E-state index contributed by atoms with van der Waals surface area (Å²) in [6, 6.07) is 1.16. The summed E-state index contributed by atoms with van der Waals surface area (Å²) in [6.45, 7) is 2.14. The van der Waals surface area contributed by atoms with E-state index in [4.69, 9.17) is 5.73 Å². The lowest BCUT2D eigenvalue weighted by atomic mass is 9.93. The predicted molar refractivity (Wildman–Crippen MR) is 71.4 cm³/mol. The van der Waals surface area contributed by atoms with Gasteiger partial charge in [-0.05, 0) is 37.8 Å². The van der Waals surface area contributed by atoms with Crippen molar-refractivity contribution in [3.8, 4) is 0 Å². The van der Waals surface area contributed by atoms with Gasteiger partial charge in [-0.15, -0.1) is 0 Å². The van der Waals surface area contributed by atoms with E-state index in [9.17, 15) is 21.6 Å². The van der Waals surface area contributed by atoms with Crippen molar-refractivity contribution in [2.24, 2.45) is 11.7 Å². The van der Waals surface area contributed by atoms with Gasteiger partial charge in [0.25, 0.3) is 0 Å². The second-order valence-corrected chi connectivity index (χ2v) is 7.20. The molecular formula is C13H17F3N2O2S. The Morgan fingerprint density at radius 2 is 1.95 bits per heavy atom. The van der Waals surface area contributed by atoms with E-state index < -0.39 is 32.4 Å². The van der Waals surface area contributed by atoms with E-state index in [-0.39, 0.29) is 25.0 Å². The summed E-state index contributed by atoms with van der Waals surface area (Å²) in [6.07, 6.45) is 1.38. The summed E-state index contributed by atoms with van der Waals surface area (Å²) < 4.78 is 65.8. The van der Waals surface area contributed by atoms with Crippen molar-refractivity contribution in [1.29, 1.82) is 0 Å². The average Bonchev–Trinajstić information content (AvgIpc) is 2.44. The van der Waals surface area contributed by atoms with E-state index in [1.807, 2.05) is 0 Å². The summed E-state index contributed by atoms with van der Waals surface area (Å²) in [5.41, 5.74) is 5.78. The molecule has 1 aliphatic heterocycles. The Balaban J connectivity index is 2.36. The lowest BCUT2D eigenvalue weighted by Gasteiger charge is -2.33. The maximum atomic E-state index is 13.7. The van der Waals surface area contributed by atoms with Crippen LogP contribution in [0.25, 0.3) is 0 Å². The quantitative estimate of drug-likeness (QED) is 0.864. The highest BCUT2D eigenvalue weighted by Crippen LogP contribution is 2.27. The molecule has 2 rings (SSSR count). The molecule has 8 heteroatoms. The van der Waals surface area contributed by atoms with Crippen LogP contribution in [0.2, 0.25) is 0 Å². The van der Waals surface area contributed by atoms with E-state index in [0.29, 0.717) is 12.5 Å². The van der Waals surface area contributed by atoms with Crippen LogP contribution in [0.1, 0.15) is 19.8 Å². The Morgan fingerprint density at radius 3 is 2.57 bits per heavy atom. The smallest absolute Gasteiger partial charge is 0.246 e. The van der Waals surface area contributed by atoms with Gasteiger partial charge in [-0.25, -0.2) is 21.6 Å². The van der Waals surface area contributed by atoms with Crippen LogP contribution in [0.4, 0.5) is 13.2 Å². The Kier molecular flexibility index (Phi) is 4.60. The van der Waals surface area contributed by atoms with Crippen molar-refractivity contribution < 1.29 is 21.6 Å². The number of hydrogen-bond acceptors (Lipinski definition) is 3. The fourth-order valence-corrected chi connectivity index (χ4v) is 4.06. The zero-order chi connectivity index (χ0) is 15.8. The van der Waals surface area contributed by atoms with Crippen LogP contribution in [-0.4, -0.2) is 31.9 Å². The zero-order valence-electron chi connectivity index (χ0n) is 11.5. The number of rotatable bonds is 3. The first-order valence-electron chi connectivity index (χ1n) is 6.64. The minimum absolute atomic E-state index is 0.0399. The molecule has 1 aromatic rings. The van der Waals surface area contributed by atoms with Crippen LogP contribution in [0.15, 0.2) is 17.0 Å². The number of nitrogens with zero attached hydrogens (tertiary/aromatic N) is 1. The summed E-state index contributed by atoms with van der Waals surface area (Å²) in [5, 5.41) is 0. The first kappa shape index (κ1) is 16.3. The Labute approximate surface area is 121 Å². The van der Waals surface area contributed by atoms with Crippen LogP contribution in [-0.2, 0) is 10.0 Å². The molecule has 0 bridgehead atoms. The molecule has 0 aromatic heterocycles. The van der Waals surface area contributed by atoms with Gasteiger partial charge in [0.15, 0.2) is 17.5 Å². The normalized spacial score (nSPS) is 22.2. The average molecular weight is 322 g/mol. The van der Waals surface area contributed by atoms with Gasteiger partial charge in [0.2, 0.25) is 10.0 Å². The first-order valence-corrected chi connectivity index (χ1v) is 8.08. The molecule has 118 valence electrons. The van der Waals surface area contributed by atoms with Crippen LogP contribution >= 0.6 is 0 Å². The SMILES string of the molecule is C[C@H](N)[C@@H]1CCCN(S(=O)(=O)c2ccc(F)c(F)c2F)C1. The summed E-state index contributed by atoms with van der Waals surface area (Å²) in [4.78, 5) is -0.841. The van der Waals surface area contributed by atoms with Crippen LogP contribution in [0.3, 0.4) is 0 Å². The molecule has 0 amide bonds. The van der Waals surface area contributed by atoms with Gasteiger partial charge in [0, 0.05) is 19.1 Å². The van der Waals surface area contributed by atoms with Gasteiger partial charge in [-0.2, -0.15) is 4.31 Å². The third-order valence-corrected chi connectivity index (χ3v) is 5.66. The Bertz CT molecular complexity index is 635. The van der Waals surface area contributed by atoms with Gasteiger partial charge in [0.05, 0.1) is 0 Å². The van der Waals surface area contributed by atoms with Gasteiger partial charge >= 0.3 is 0 Å². The monoisotopic (exact) mass is 322 g/mol. The van der Waals surface area contributed by atoms with E-state index in [1.165, 1.54) is 0 Å². The molecule has 1 saturated heterocycles. The zero-order valence-corrected chi connectivity index (χ0v) is 12.3. The lowest BCUT2D eigenvalue weighted by molar-refractivity contribution is 0.242. The fourth-order valence-electron chi connectivity index (χ4n) is 2.47. The van der Waals surface area contributed by atoms with Gasteiger partial charge in [-0.1, -0.05) is 0 Å². The molecule has 0 unspecified atom stereocenters. The second kappa shape index (κ2) is 5.94. The van der Waals surface area contributed by atoms with Crippen molar-refractivity contribution in [2.45, 2.75) is 30.7 Å². The third-order valence-electron chi connectivity index (χ3n) is 3.78. The minimum Gasteiger partial charge on any atom is -0.328 e. The highest BCUT2D eigenvalue weighted by Gasteiger charge is 2.34. The summed E-state index contributed by atoms with van der Waals surface area (Å²) >= 11 is 0. The molecule has 1 fully saturated rings. The molecule has 1 heterocycles. The largest absolute Gasteiger partial charge is 0.328 e. The Hall–Kier alpha value is -1.12. The van der Waals surface area contributed by atoms with Crippen LogP contribution in [0, 0.1) is 23.4 Å². The van der Waals surface area contributed by atoms with Crippen molar-refractivity contribution in [3.05, 3.63) is 29.6 Å². The maximum Gasteiger partial charge on any atom is 0.246 e. The number of piperidine rings is 1. The minimum atomic E-state index is -4.20. The van der Waals surface area contributed by atoms with E-state index in [1.54, 1.807) is 6.92 Å². The molecule has 0 radical (unpaired) electrons. The molecule has 21 heavy (non-hydrogen) atoms. The summed E-state index contributed by atoms with van der Waals surface area (Å²) in [5.74, 6) is -4.92. The molecule has 0 spiro atoms. The molecule has 1 aromatic carbocycles. The number of halogens is 3. The molecule has 2 atom stereocenters. The van der Waals surface area contributed by atoms with Gasteiger partial charge in [-0.3, -0.25) is 0 Å². The number of nitrogens with two attached hydrogens (primary N) is 1. The van der Waals surface area contributed by atoms with Crippen molar-refractivity contribution in [2.75, 3.05) is 13.1 Å². The number of sulfonamides is 1. The van der Waals surface area contributed by atoms with Crippen LogP contribution in [0.5, 0.6) is 0 Å². The molecule has 0 saturated carbocycles. The van der Waals surface area contributed by atoms with E-state index >= 15 is 0 Å². The highest BCUT2D eigenvalue weighted by molar-refractivity contribution is 7.89. The summed E-state index contributed by atoms with van der Waals surface area (Å²) in [7, 11) is -4.20. The topological polar surface area (TPSA) is 63.4 Å². The molecule has 0 aliphatic carbocycles. The molecular weight excluding hydrogens is 305 g/mol. The predicted octanol–water partition coefficient (Wildman–Crippen LogP) is 1.85.